The lowest BCUT2D eigenvalue weighted by molar-refractivity contribution is -0.0480. The van der Waals surface area contributed by atoms with E-state index < -0.39 is 29.1 Å². The number of rotatable bonds is 7. The first-order chi connectivity index (χ1) is 8.69. The predicted octanol–water partition coefficient (Wildman–Crippen LogP) is 0.247. The molecule has 0 aliphatic rings. The van der Waals surface area contributed by atoms with Crippen molar-refractivity contribution in [2.24, 2.45) is 0 Å². The largest absolute Gasteiger partial charge is 0.447 e. The molecule has 110 valence electrons. The van der Waals surface area contributed by atoms with Gasteiger partial charge in [0.05, 0.1) is 13.1 Å². The summed E-state index contributed by atoms with van der Waals surface area (Å²) in [6.07, 6.45) is 0. The number of nitrogens with zero attached hydrogens (tertiary/aromatic N) is 1. The molecule has 1 aromatic heterocycles. The molecule has 9 heteroatoms. The molecule has 0 aromatic carbocycles. The molecular weight excluding hydrogens is 282 g/mol. The van der Waals surface area contributed by atoms with Crippen molar-refractivity contribution in [3.8, 4) is 0 Å². The van der Waals surface area contributed by atoms with Crippen LogP contribution >= 0.6 is 0 Å². The first-order valence-electron chi connectivity index (χ1n) is 5.40. The second-order valence-corrected chi connectivity index (χ2v) is 6.21. The number of nitrogens with one attached hydrogen (secondary N) is 1. The fraction of sp³-hybridized carbons (Fsp3) is 0.600. The van der Waals surface area contributed by atoms with E-state index >= 15 is 0 Å². The van der Waals surface area contributed by atoms with E-state index in [1.165, 1.54) is 26.2 Å². The summed E-state index contributed by atoms with van der Waals surface area (Å²) in [6, 6.07) is 2.65. The first-order valence-corrected chi connectivity index (χ1v) is 6.84. The topological polar surface area (TPSA) is 82.8 Å². The molecule has 19 heavy (non-hydrogen) atoms. The van der Waals surface area contributed by atoms with Gasteiger partial charge >= 0.3 is 0 Å². The van der Waals surface area contributed by atoms with Crippen LogP contribution in [0.3, 0.4) is 0 Å². The fourth-order valence-electron chi connectivity index (χ4n) is 1.20. The Morgan fingerprint density at radius 1 is 1.42 bits per heavy atom. The van der Waals surface area contributed by atoms with Crippen LogP contribution in [0.15, 0.2) is 21.6 Å². The molecule has 0 aliphatic carbocycles. The van der Waals surface area contributed by atoms with E-state index in [2.05, 4.69) is 5.32 Å². The number of hydrogen-bond acceptors (Lipinski definition) is 5. The molecule has 0 saturated heterocycles. The number of sulfonamides is 1. The van der Waals surface area contributed by atoms with E-state index in [-0.39, 0.29) is 17.4 Å². The average Bonchev–Trinajstić information content (AvgIpc) is 2.78. The van der Waals surface area contributed by atoms with Crippen molar-refractivity contribution in [3.63, 3.8) is 0 Å². The molecule has 2 N–H and O–H groups in total. The van der Waals surface area contributed by atoms with Crippen molar-refractivity contribution >= 4 is 10.0 Å². The van der Waals surface area contributed by atoms with Gasteiger partial charge in [-0.05, 0) is 12.1 Å². The predicted molar refractivity (Wildman–Crippen MR) is 63.3 cm³/mol. The van der Waals surface area contributed by atoms with Crippen LogP contribution in [0.5, 0.6) is 0 Å². The van der Waals surface area contributed by atoms with E-state index in [0.29, 0.717) is 0 Å². The normalized spacial score (nSPS) is 13.2. The summed E-state index contributed by atoms with van der Waals surface area (Å²) in [4.78, 5) is 0. The maximum Gasteiger partial charge on any atom is 0.282 e. The highest BCUT2D eigenvalue weighted by Crippen LogP contribution is 2.17. The third kappa shape index (κ3) is 4.23. The molecule has 0 unspecified atom stereocenters. The van der Waals surface area contributed by atoms with Gasteiger partial charge in [-0.2, -0.15) is 0 Å². The van der Waals surface area contributed by atoms with Crippen LogP contribution in [-0.2, 0) is 16.6 Å². The van der Waals surface area contributed by atoms with Crippen LogP contribution < -0.4 is 5.32 Å². The Morgan fingerprint density at radius 2 is 2.05 bits per heavy atom. The third-order valence-corrected chi connectivity index (χ3v) is 3.98. The van der Waals surface area contributed by atoms with E-state index in [1.54, 1.807) is 0 Å². The summed E-state index contributed by atoms with van der Waals surface area (Å²) >= 11 is 0. The Kier molecular flexibility index (Phi) is 5.02. The maximum atomic E-state index is 12.7. The quantitative estimate of drug-likeness (QED) is 0.754. The summed E-state index contributed by atoms with van der Waals surface area (Å²) < 4.78 is 54.8. The lowest BCUT2D eigenvalue weighted by Crippen LogP contribution is -2.35. The highest BCUT2D eigenvalue weighted by molar-refractivity contribution is 7.88. The summed E-state index contributed by atoms with van der Waals surface area (Å²) in [5, 5.41) is 10.5. The number of furan rings is 1. The Balaban J connectivity index is 2.62. The minimum Gasteiger partial charge on any atom is -0.447 e. The van der Waals surface area contributed by atoms with Crippen molar-refractivity contribution < 1.29 is 26.7 Å². The zero-order valence-electron chi connectivity index (χ0n) is 10.6. The molecule has 1 rings (SSSR count). The molecule has 0 radical (unpaired) electrons. The molecule has 0 atom stereocenters. The minimum atomic E-state index is -3.66. The molecule has 6 nitrogen and oxygen atoms in total. The van der Waals surface area contributed by atoms with E-state index in [4.69, 9.17) is 9.52 Å². The van der Waals surface area contributed by atoms with Gasteiger partial charge in [0.1, 0.15) is 12.4 Å². The summed E-state index contributed by atoms with van der Waals surface area (Å²) in [6.45, 7) is -2.03. The number of hydrogen-bond donors (Lipinski definition) is 2. The number of alkyl halides is 2. The van der Waals surface area contributed by atoms with Crippen molar-refractivity contribution in [1.29, 1.82) is 0 Å². The molecule has 0 amide bonds. The molecule has 0 aliphatic heterocycles. The van der Waals surface area contributed by atoms with Gasteiger partial charge in [-0.15, -0.1) is 0 Å². The lowest BCUT2D eigenvalue weighted by Gasteiger charge is -2.13. The van der Waals surface area contributed by atoms with Gasteiger partial charge in [-0.25, -0.2) is 21.5 Å². The second kappa shape index (κ2) is 5.95. The Morgan fingerprint density at radius 3 is 2.58 bits per heavy atom. The first kappa shape index (κ1) is 16.0. The average molecular weight is 298 g/mol. The van der Waals surface area contributed by atoms with Crippen molar-refractivity contribution in [2.75, 3.05) is 27.2 Å². The van der Waals surface area contributed by atoms with E-state index in [1.807, 2.05) is 0 Å². The van der Waals surface area contributed by atoms with Crippen LogP contribution in [0.4, 0.5) is 8.78 Å². The van der Waals surface area contributed by atoms with Crippen molar-refractivity contribution in [2.45, 2.75) is 17.6 Å². The number of aliphatic hydroxyl groups excluding tert-OH is 1. The minimum absolute atomic E-state index is 0.0570. The smallest absolute Gasteiger partial charge is 0.282 e. The Bertz CT molecular complexity index is 513. The highest BCUT2D eigenvalue weighted by Gasteiger charge is 2.27. The molecule has 0 bridgehead atoms. The summed E-state index contributed by atoms with van der Waals surface area (Å²) in [5.41, 5.74) is 0. The standard InChI is InChI=1S/C10H16F2N2O4S/c1-14(2)19(16,17)9-4-3-8(18-9)5-13-6-10(11,12)7-15/h3-4,13,15H,5-7H2,1-2H3. The monoisotopic (exact) mass is 298 g/mol. The van der Waals surface area contributed by atoms with Gasteiger partial charge in [-0.1, -0.05) is 0 Å². The maximum absolute atomic E-state index is 12.7. The molecule has 1 heterocycles. The second-order valence-electron chi connectivity index (χ2n) is 4.13. The van der Waals surface area contributed by atoms with Crippen LogP contribution in [0.25, 0.3) is 0 Å². The fourth-order valence-corrected chi connectivity index (χ4v) is 2.01. The molecule has 0 saturated carbocycles. The van der Waals surface area contributed by atoms with E-state index in [9.17, 15) is 17.2 Å². The van der Waals surface area contributed by atoms with Crippen molar-refractivity contribution in [3.05, 3.63) is 17.9 Å². The van der Waals surface area contributed by atoms with Crippen LogP contribution in [0, 0.1) is 0 Å². The third-order valence-electron chi connectivity index (χ3n) is 2.29. The molecule has 1 aromatic rings. The molecule has 0 spiro atoms. The zero-order valence-corrected chi connectivity index (χ0v) is 11.4. The summed E-state index contributed by atoms with van der Waals surface area (Å²) in [5.74, 6) is -3.00. The zero-order chi connectivity index (χ0) is 14.7. The van der Waals surface area contributed by atoms with Crippen LogP contribution in [0.2, 0.25) is 0 Å². The molecular formula is C10H16F2N2O4S. The van der Waals surface area contributed by atoms with Gasteiger partial charge in [-0.3, -0.25) is 0 Å². The van der Waals surface area contributed by atoms with Gasteiger partial charge in [0.15, 0.2) is 0 Å². The SMILES string of the molecule is CN(C)S(=O)(=O)c1ccc(CNCC(F)(F)CO)o1. The molecule has 0 fully saturated rings. The van der Waals surface area contributed by atoms with Crippen LogP contribution in [-0.4, -0.2) is 51.0 Å². The van der Waals surface area contributed by atoms with Gasteiger partial charge in [0.25, 0.3) is 15.9 Å². The Hall–Kier alpha value is -1.03. The van der Waals surface area contributed by atoms with Crippen molar-refractivity contribution in [1.82, 2.24) is 9.62 Å². The van der Waals surface area contributed by atoms with E-state index in [0.717, 1.165) is 4.31 Å². The van der Waals surface area contributed by atoms with Gasteiger partial charge in [0, 0.05) is 14.1 Å². The summed E-state index contributed by atoms with van der Waals surface area (Å²) in [7, 11) is -0.946. The number of halogens is 2. The van der Waals surface area contributed by atoms with Gasteiger partial charge in [0.2, 0.25) is 5.09 Å². The van der Waals surface area contributed by atoms with Crippen LogP contribution in [0.1, 0.15) is 5.76 Å². The van der Waals surface area contributed by atoms with Gasteiger partial charge < -0.3 is 14.8 Å². The highest BCUT2D eigenvalue weighted by atomic mass is 32.2. The lowest BCUT2D eigenvalue weighted by atomic mass is 10.3. The Labute approximate surface area is 110 Å². The number of aliphatic hydroxyl groups is 1.